The molecular formula is C8H6F4N2O. The van der Waals surface area contributed by atoms with Crippen LogP contribution in [0.15, 0.2) is 23.4 Å². The first-order valence-electron chi connectivity index (χ1n) is 3.71. The van der Waals surface area contributed by atoms with E-state index in [-0.39, 0.29) is 0 Å². The highest BCUT2D eigenvalue weighted by Gasteiger charge is 2.35. The number of hydrogen-bond acceptors (Lipinski definition) is 2. The lowest BCUT2D eigenvalue weighted by atomic mass is 10.1. The second kappa shape index (κ2) is 3.76. The van der Waals surface area contributed by atoms with Gasteiger partial charge in [-0.05, 0) is 12.1 Å². The molecule has 82 valence electrons. The second-order valence-electron chi connectivity index (χ2n) is 2.65. The summed E-state index contributed by atoms with van der Waals surface area (Å²) < 4.78 is 49.9. The zero-order valence-corrected chi connectivity index (χ0v) is 7.22. The summed E-state index contributed by atoms with van der Waals surface area (Å²) in [5.41, 5.74) is 2.96. The molecule has 0 atom stereocenters. The summed E-state index contributed by atoms with van der Waals surface area (Å²) in [6, 6.07) is 2.53. The van der Waals surface area contributed by atoms with Gasteiger partial charge < -0.3 is 10.9 Å². The third-order valence-corrected chi connectivity index (χ3v) is 1.69. The average Bonchev–Trinajstić information content (AvgIpc) is 2.15. The number of amidine groups is 1. The molecule has 0 aliphatic carbocycles. The standard InChI is InChI=1S/C8H6F4N2O/c9-6-4(7(13)14-15)2-1-3-5(6)8(10,11)12/h1-3,15H,(H2,13,14). The first-order valence-corrected chi connectivity index (χ1v) is 3.71. The Morgan fingerprint density at radius 2 is 1.93 bits per heavy atom. The molecular weight excluding hydrogens is 216 g/mol. The zero-order valence-electron chi connectivity index (χ0n) is 7.22. The van der Waals surface area contributed by atoms with Crippen molar-refractivity contribution in [3.63, 3.8) is 0 Å². The van der Waals surface area contributed by atoms with Crippen molar-refractivity contribution in [2.24, 2.45) is 10.9 Å². The number of halogens is 4. The van der Waals surface area contributed by atoms with E-state index in [2.05, 4.69) is 5.16 Å². The number of nitrogens with zero attached hydrogens (tertiary/aromatic N) is 1. The van der Waals surface area contributed by atoms with Crippen molar-refractivity contribution in [3.05, 3.63) is 35.1 Å². The summed E-state index contributed by atoms with van der Waals surface area (Å²) >= 11 is 0. The van der Waals surface area contributed by atoms with Gasteiger partial charge in [-0.1, -0.05) is 11.2 Å². The molecule has 0 amide bonds. The molecule has 1 aromatic rings. The van der Waals surface area contributed by atoms with Crippen molar-refractivity contribution in [1.82, 2.24) is 0 Å². The molecule has 3 nitrogen and oxygen atoms in total. The van der Waals surface area contributed by atoms with Gasteiger partial charge in [-0.25, -0.2) is 4.39 Å². The highest BCUT2D eigenvalue weighted by Crippen LogP contribution is 2.32. The Bertz CT molecular complexity index is 400. The van der Waals surface area contributed by atoms with Crippen molar-refractivity contribution in [2.75, 3.05) is 0 Å². The highest BCUT2D eigenvalue weighted by molar-refractivity contribution is 5.97. The summed E-state index contributed by atoms with van der Waals surface area (Å²) in [5, 5.41) is 10.7. The molecule has 15 heavy (non-hydrogen) atoms. The summed E-state index contributed by atoms with van der Waals surface area (Å²) in [4.78, 5) is 0. The number of oxime groups is 1. The van der Waals surface area contributed by atoms with Crippen LogP contribution in [0, 0.1) is 5.82 Å². The predicted octanol–water partition coefficient (Wildman–Crippen LogP) is 1.94. The Kier molecular flexibility index (Phi) is 2.83. The van der Waals surface area contributed by atoms with E-state index >= 15 is 0 Å². The number of alkyl halides is 3. The Hall–Kier alpha value is -1.79. The SMILES string of the molecule is N/C(=N\O)c1cccc(C(F)(F)F)c1F. The van der Waals surface area contributed by atoms with Gasteiger partial charge in [0.15, 0.2) is 5.84 Å². The average molecular weight is 222 g/mol. The molecule has 3 N–H and O–H groups in total. The first-order chi connectivity index (χ1) is 6.88. The van der Waals surface area contributed by atoms with Gasteiger partial charge in [0.1, 0.15) is 5.82 Å². The smallest absolute Gasteiger partial charge is 0.409 e. The van der Waals surface area contributed by atoms with Crippen LogP contribution in [0.3, 0.4) is 0 Å². The maximum atomic E-state index is 13.2. The quantitative estimate of drug-likeness (QED) is 0.251. The molecule has 0 radical (unpaired) electrons. The molecule has 0 saturated carbocycles. The van der Waals surface area contributed by atoms with Crippen molar-refractivity contribution in [1.29, 1.82) is 0 Å². The zero-order chi connectivity index (χ0) is 11.6. The van der Waals surface area contributed by atoms with Crippen molar-refractivity contribution >= 4 is 5.84 Å². The molecule has 1 rings (SSSR count). The first kappa shape index (κ1) is 11.3. The number of benzene rings is 1. The van der Waals surface area contributed by atoms with Gasteiger partial charge in [0.2, 0.25) is 0 Å². The Balaban J connectivity index is 3.36. The lowest BCUT2D eigenvalue weighted by Crippen LogP contribution is -2.18. The van der Waals surface area contributed by atoms with Crippen LogP contribution in [0.1, 0.15) is 11.1 Å². The van der Waals surface area contributed by atoms with Crippen LogP contribution in [0.4, 0.5) is 17.6 Å². The topological polar surface area (TPSA) is 58.6 Å². The van der Waals surface area contributed by atoms with E-state index in [1.165, 1.54) is 0 Å². The van der Waals surface area contributed by atoms with Gasteiger partial charge in [0.05, 0.1) is 11.1 Å². The van der Waals surface area contributed by atoms with E-state index in [0.717, 1.165) is 12.1 Å². The van der Waals surface area contributed by atoms with Gasteiger partial charge >= 0.3 is 6.18 Å². The Morgan fingerprint density at radius 1 is 1.33 bits per heavy atom. The number of rotatable bonds is 1. The molecule has 0 aromatic heterocycles. The van der Waals surface area contributed by atoms with Gasteiger partial charge in [-0.2, -0.15) is 13.2 Å². The van der Waals surface area contributed by atoms with Gasteiger partial charge in [0.25, 0.3) is 0 Å². The minimum Gasteiger partial charge on any atom is -0.409 e. The maximum Gasteiger partial charge on any atom is 0.419 e. The minimum atomic E-state index is -4.81. The van der Waals surface area contributed by atoms with Gasteiger partial charge in [-0.15, -0.1) is 0 Å². The lowest BCUT2D eigenvalue weighted by Gasteiger charge is -2.09. The third kappa shape index (κ3) is 2.17. The van der Waals surface area contributed by atoms with Crippen LogP contribution in [0.25, 0.3) is 0 Å². The number of nitrogens with two attached hydrogens (primary N) is 1. The minimum absolute atomic E-state index is 0.573. The summed E-state index contributed by atoms with van der Waals surface area (Å²) in [6.45, 7) is 0. The van der Waals surface area contributed by atoms with E-state index in [0.29, 0.717) is 6.07 Å². The fourth-order valence-electron chi connectivity index (χ4n) is 1.00. The molecule has 0 aliphatic heterocycles. The molecule has 0 fully saturated rings. The van der Waals surface area contributed by atoms with E-state index in [1.807, 2.05) is 0 Å². The molecule has 0 unspecified atom stereocenters. The van der Waals surface area contributed by atoms with E-state index in [9.17, 15) is 17.6 Å². The molecule has 0 saturated heterocycles. The highest BCUT2D eigenvalue weighted by atomic mass is 19.4. The molecule has 0 aliphatic rings. The summed E-state index contributed by atoms with van der Waals surface area (Å²) in [5.74, 6) is -2.26. The Labute approximate surface area is 81.8 Å². The van der Waals surface area contributed by atoms with Crippen LogP contribution in [0.2, 0.25) is 0 Å². The van der Waals surface area contributed by atoms with Crippen molar-refractivity contribution in [2.45, 2.75) is 6.18 Å². The summed E-state index contributed by atoms with van der Waals surface area (Å²) in [6.07, 6.45) is -4.81. The number of hydrogen-bond donors (Lipinski definition) is 2. The fraction of sp³-hybridized carbons (Fsp3) is 0.125. The van der Waals surface area contributed by atoms with Crippen LogP contribution < -0.4 is 5.73 Å². The van der Waals surface area contributed by atoms with E-state index in [4.69, 9.17) is 10.9 Å². The third-order valence-electron chi connectivity index (χ3n) is 1.69. The van der Waals surface area contributed by atoms with Crippen molar-refractivity contribution < 1.29 is 22.8 Å². The van der Waals surface area contributed by atoms with Crippen molar-refractivity contribution in [3.8, 4) is 0 Å². The largest absolute Gasteiger partial charge is 0.419 e. The van der Waals surface area contributed by atoms with E-state index < -0.39 is 29.0 Å². The molecule has 7 heteroatoms. The van der Waals surface area contributed by atoms with Crippen LogP contribution in [-0.4, -0.2) is 11.0 Å². The van der Waals surface area contributed by atoms with Crippen LogP contribution in [0.5, 0.6) is 0 Å². The van der Waals surface area contributed by atoms with Crippen LogP contribution >= 0.6 is 0 Å². The fourth-order valence-corrected chi connectivity index (χ4v) is 1.00. The Morgan fingerprint density at radius 3 is 2.40 bits per heavy atom. The lowest BCUT2D eigenvalue weighted by molar-refractivity contribution is -0.140. The van der Waals surface area contributed by atoms with Crippen LogP contribution in [-0.2, 0) is 6.18 Å². The predicted molar refractivity (Wildman–Crippen MR) is 43.9 cm³/mol. The molecule has 0 heterocycles. The molecule has 0 spiro atoms. The maximum absolute atomic E-state index is 13.2. The monoisotopic (exact) mass is 222 g/mol. The molecule has 1 aromatic carbocycles. The van der Waals surface area contributed by atoms with Gasteiger partial charge in [0, 0.05) is 0 Å². The van der Waals surface area contributed by atoms with E-state index in [1.54, 1.807) is 0 Å². The normalized spacial score (nSPS) is 12.9. The second-order valence-corrected chi connectivity index (χ2v) is 2.65. The van der Waals surface area contributed by atoms with Gasteiger partial charge in [-0.3, -0.25) is 0 Å². The summed E-state index contributed by atoms with van der Waals surface area (Å²) in [7, 11) is 0. The molecule has 0 bridgehead atoms.